The molecular weight excluding hydrogens is 204 g/mol. The molecule has 16 heavy (non-hydrogen) atoms. The molecule has 1 unspecified atom stereocenters. The molecule has 88 valence electrons. The van der Waals surface area contributed by atoms with Gasteiger partial charge in [-0.2, -0.15) is 0 Å². The van der Waals surface area contributed by atoms with Crippen molar-refractivity contribution < 1.29 is 4.74 Å². The summed E-state index contributed by atoms with van der Waals surface area (Å²) in [6.07, 6.45) is 3.47. The Hall–Kier alpha value is -1.36. The molecule has 1 aliphatic rings. The molecule has 5 heteroatoms. The van der Waals surface area contributed by atoms with E-state index in [0.717, 1.165) is 44.0 Å². The average Bonchev–Trinajstić information content (AvgIpc) is 2.79. The van der Waals surface area contributed by atoms with Crippen molar-refractivity contribution in [1.82, 2.24) is 9.97 Å². The van der Waals surface area contributed by atoms with Gasteiger partial charge in [0.2, 0.25) is 0 Å². The van der Waals surface area contributed by atoms with E-state index in [2.05, 4.69) is 22.2 Å². The van der Waals surface area contributed by atoms with Gasteiger partial charge in [-0.1, -0.05) is 6.92 Å². The lowest BCUT2D eigenvalue weighted by Crippen LogP contribution is -2.16. The van der Waals surface area contributed by atoms with Crippen LogP contribution in [0.2, 0.25) is 0 Å². The van der Waals surface area contributed by atoms with Crippen molar-refractivity contribution in [2.45, 2.75) is 19.8 Å². The number of hydrogen-bond donors (Lipinski definition) is 2. The number of ether oxygens (including phenoxy) is 1. The molecule has 0 saturated carbocycles. The van der Waals surface area contributed by atoms with Gasteiger partial charge in [-0.15, -0.1) is 0 Å². The van der Waals surface area contributed by atoms with Crippen LogP contribution in [-0.4, -0.2) is 29.7 Å². The maximum absolute atomic E-state index is 5.80. The number of nitrogens with one attached hydrogen (secondary N) is 1. The summed E-state index contributed by atoms with van der Waals surface area (Å²) in [5.41, 5.74) is 6.80. The number of nitrogens with two attached hydrogens (primary N) is 1. The molecule has 1 saturated heterocycles. The Labute approximate surface area is 95.4 Å². The minimum Gasteiger partial charge on any atom is -0.383 e. The Kier molecular flexibility index (Phi) is 3.56. The SMILES string of the molecule is CCc1c(N)ncnc1NCC1CCOC1. The largest absolute Gasteiger partial charge is 0.383 e. The summed E-state index contributed by atoms with van der Waals surface area (Å²) in [5.74, 6) is 2.02. The highest BCUT2D eigenvalue weighted by atomic mass is 16.5. The third-order valence-corrected chi connectivity index (χ3v) is 2.91. The molecule has 5 nitrogen and oxygen atoms in total. The first-order valence-corrected chi connectivity index (χ1v) is 5.72. The Morgan fingerprint density at radius 1 is 1.56 bits per heavy atom. The van der Waals surface area contributed by atoms with Crippen molar-refractivity contribution in [2.75, 3.05) is 30.8 Å². The van der Waals surface area contributed by atoms with Crippen LogP contribution < -0.4 is 11.1 Å². The van der Waals surface area contributed by atoms with E-state index in [1.807, 2.05) is 0 Å². The normalized spacial score (nSPS) is 19.9. The van der Waals surface area contributed by atoms with Crippen LogP contribution in [0.4, 0.5) is 11.6 Å². The summed E-state index contributed by atoms with van der Waals surface area (Å²) in [6, 6.07) is 0. The van der Waals surface area contributed by atoms with Gasteiger partial charge in [0.15, 0.2) is 0 Å². The van der Waals surface area contributed by atoms with Gasteiger partial charge >= 0.3 is 0 Å². The Morgan fingerprint density at radius 2 is 2.44 bits per heavy atom. The van der Waals surface area contributed by atoms with Gasteiger partial charge in [0.05, 0.1) is 6.61 Å². The second-order valence-corrected chi connectivity index (χ2v) is 4.05. The minimum atomic E-state index is 0.572. The third-order valence-electron chi connectivity index (χ3n) is 2.91. The topological polar surface area (TPSA) is 73.1 Å². The van der Waals surface area contributed by atoms with Gasteiger partial charge in [0.1, 0.15) is 18.0 Å². The van der Waals surface area contributed by atoms with Gasteiger partial charge in [0, 0.05) is 24.6 Å². The van der Waals surface area contributed by atoms with E-state index >= 15 is 0 Å². The van der Waals surface area contributed by atoms with Crippen LogP contribution in [0.5, 0.6) is 0 Å². The summed E-state index contributed by atoms with van der Waals surface area (Å²) in [7, 11) is 0. The quantitative estimate of drug-likeness (QED) is 0.797. The second kappa shape index (κ2) is 5.12. The maximum atomic E-state index is 5.80. The summed E-state index contributed by atoms with van der Waals surface area (Å²) < 4.78 is 5.33. The van der Waals surface area contributed by atoms with Crippen LogP contribution in [0.15, 0.2) is 6.33 Å². The van der Waals surface area contributed by atoms with Gasteiger partial charge in [-0.3, -0.25) is 0 Å². The molecular formula is C11H18N4O. The van der Waals surface area contributed by atoms with Crippen molar-refractivity contribution >= 4 is 11.6 Å². The van der Waals surface area contributed by atoms with Crippen LogP contribution in [0.25, 0.3) is 0 Å². The van der Waals surface area contributed by atoms with E-state index in [4.69, 9.17) is 10.5 Å². The van der Waals surface area contributed by atoms with Crippen LogP contribution >= 0.6 is 0 Å². The van der Waals surface area contributed by atoms with Crippen LogP contribution in [0, 0.1) is 5.92 Å². The summed E-state index contributed by atoms with van der Waals surface area (Å²) in [5, 5.41) is 3.34. The third kappa shape index (κ3) is 2.41. The number of nitrogens with zero attached hydrogens (tertiary/aromatic N) is 2. The van der Waals surface area contributed by atoms with E-state index in [9.17, 15) is 0 Å². The summed E-state index contributed by atoms with van der Waals surface area (Å²) in [4.78, 5) is 8.22. The Bertz CT molecular complexity index is 350. The fraction of sp³-hybridized carbons (Fsp3) is 0.636. The van der Waals surface area contributed by atoms with Crippen molar-refractivity contribution in [3.63, 3.8) is 0 Å². The maximum Gasteiger partial charge on any atom is 0.134 e. The van der Waals surface area contributed by atoms with Crippen molar-refractivity contribution in [3.05, 3.63) is 11.9 Å². The Balaban J connectivity index is 2.00. The summed E-state index contributed by atoms with van der Waals surface area (Å²) >= 11 is 0. The molecule has 1 aliphatic heterocycles. The lowest BCUT2D eigenvalue weighted by molar-refractivity contribution is 0.187. The lowest BCUT2D eigenvalue weighted by Gasteiger charge is -2.13. The number of nitrogen functional groups attached to an aromatic ring is 1. The molecule has 3 N–H and O–H groups in total. The highest BCUT2D eigenvalue weighted by molar-refractivity contribution is 5.54. The fourth-order valence-electron chi connectivity index (χ4n) is 1.91. The first-order valence-electron chi connectivity index (χ1n) is 5.72. The fourth-order valence-corrected chi connectivity index (χ4v) is 1.91. The molecule has 1 atom stereocenters. The van der Waals surface area contributed by atoms with E-state index in [-0.39, 0.29) is 0 Å². The predicted molar refractivity (Wildman–Crippen MR) is 63.2 cm³/mol. The van der Waals surface area contributed by atoms with Crippen molar-refractivity contribution in [2.24, 2.45) is 5.92 Å². The molecule has 1 aromatic rings. The highest BCUT2D eigenvalue weighted by Gasteiger charge is 2.16. The van der Waals surface area contributed by atoms with Gasteiger partial charge in [-0.05, 0) is 12.8 Å². The molecule has 0 aliphatic carbocycles. The molecule has 0 bridgehead atoms. The first kappa shape index (κ1) is 11.1. The molecule has 1 fully saturated rings. The zero-order chi connectivity index (χ0) is 11.4. The smallest absolute Gasteiger partial charge is 0.134 e. The average molecular weight is 222 g/mol. The van der Waals surface area contributed by atoms with Crippen molar-refractivity contribution in [1.29, 1.82) is 0 Å². The minimum absolute atomic E-state index is 0.572. The van der Waals surface area contributed by atoms with E-state index in [1.165, 1.54) is 6.33 Å². The zero-order valence-corrected chi connectivity index (χ0v) is 9.57. The van der Waals surface area contributed by atoms with Gasteiger partial charge < -0.3 is 15.8 Å². The van der Waals surface area contributed by atoms with Gasteiger partial charge in [0.25, 0.3) is 0 Å². The van der Waals surface area contributed by atoms with E-state index < -0.39 is 0 Å². The monoisotopic (exact) mass is 222 g/mol. The van der Waals surface area contributed by atoms with Crippen LogP contribution in [-0.2, 0) is 11.2 Å². The number of rotatable bonds is 4. The second-order valence-electron chi connectivity index (χ2n) is 4.05. The predicted octanol–water partition coefficient (Wildman–Crippen LogP) is 1.07. The van der Waals surface area contributed by atoms with Crippen LogP contribution in [0.1, 0.15) is 18.9 Å². The highest BCUT2D eigenvalue weighted by Crippen LogP contribution is 2.19. The van der Waals surface area contributed by atoms with Gasteiger partial charge in [-0.25, -0.2) is 9.97 Å². The molecule has 0 spiro atoms. The molecule has 1 aromatic heterocycles. The first-order chi connectivity index (χ1) is 7.81. The summed E-state index contributed by atoms with van der Waals surface area (Å²) in [6.45, 7) is 4.66. The molecule has 0 amide bonds. The number of hydrogen-bond acceptors (Lipinski definition) is 5. The molecule has 2 heterocycles. The van der Waals surface area contributed by atoms with E-state index in [0.29, 0.717) is 11.7 Å². The standard InChI is InChI=1S/C11H18N4O/c1-2-9-10(12)14-7-15-11(9)13-5-8-3-4-16-6-8/h7-8H,2-6H2,1H3,(H3,12,13,14,15). The molecule has 2 rings (SSSR count). The number of aromatic nitrogens is 2. The molecule has 0 radical (unpaired) electrons. The van der Waals surface area contributed by atoms with Crippen LogP contribution in [0.3, 0.4) is 0 Å². The van der Waals surface area contributed by atoms with Crippen molar-refractivity contribution in [3.8, 4) is 0 Å². The number of anilines is 2. The lowest BCUT2D eigenvalue weighted by atomic mass is 10.1. The molecule has 0 aromatic carbocycles. The zero-order valence-electron chi connectivity index (χ0n) is 9.57. The Morgan fingerprint density at radius 3 is 3.12 bits per heavy atom. The van der Waals surface area contributed by atoms with E-state index in [1.54, 1.807) is 0 Å².